The number of aryl methyl sites for hydroxylation is 3. The van der Waals surface area contributed by atoms with Gasteiger partial charge in [0.15, 0.2) is 0 Å². The molecule has 0 spiro atoms. The van der Waals surface area contributed by atoms with Crippen molar-refractivity contribution in [2.45, 2.75) is 34.2 Å². The van der Waals surface area contributed by atoms with Crippen molar-refractivity contribution in [2.75, 3.05) is 11.9 Å². The van der Waals surface area contributed by atoms with E-state index in [0.29, 0.717) is 30.4 Å². The van der Waals surface area contributed by atoms with Crippen molar-refractivity contribution in [2.24, 2.45) is 12.0 Å². The number of nitrogens with one attached hydrogen (secondary N) is 2. The van der Waals surface area contributed by atoms with Crippen LogP contribution >= 0.6 is 0 Å². The first-order chi connectivity index (χ1) is 14.9. The summed E-state index contributed by atoms with van der Waals surface area (Å²) in [5.74, 6) is 0.802. The van der Waals surface area contributed by atoms with E-state index < -0.39 is 0 Å². The summed E-state index contributed by atoms with van der Waals surface area (Å²) in [6, 6.07) is 15.0. The number of guanidine groups is 1. The Bertz CT molecular complexity index is 1080. The maximum absolute atomic E-state index is 12.8. The lowest BCUT2D eigenvalue weighted by Crippen LogP contribution is -2.36. The predicted molar refractivity (Wildman–Crippen MR) is 124 cm³/mol. The maximum Gasteiger partial charge on any atom is 0.257 e. The van der Waals surface area contributed by atoms with Crippen molar-refractivity contribution in [3.63, 3.8) is 0 Å². The third-order valence-corrected chi connectivity index (χ3v) is 5.04. The number of aliphatic imine (C=N–C) groups is 1. The summed E-state index contributed by atoms with van der Waals surface area (Å²) in [6.45, 7) is 8.81. The minimum absolute atomic E-state index is 0.236. The number of ether oxygens (including phenoxy) is 1. The van der Waals surface area contributed by atoms with E-state index >= 15 is 0 Å². The number of hydrogen-bond acceptors (Lipinski definition) is 4. The number of carbonyl (C=O) groups is 1. The summed E-state index contributed by atoms with van der Waals surface area (Å²) >= 11 is 0. The Morgan fingerprint density at radius 1 is 1.10 bits per heavy atom. The number of hydrogen-bond donors (Lipinski definition) is 2. The van der Waals surface area contributed by atoms with Gasteiger partial charge in [0.1, 0.15) is 5.75 Å². The second-order valence-electron chi connectivity index (χ2n) is 7.31. The van der Waals surface area contributed by atoms with E-state index in [1.165, 1.54) is 0 Å². The minimum Gasteiger partial charge on any atom is -0.492 e. The number of carbonyl (C=O) groups excluding carboxylic acids is 1. The Labute approximate surface area is 183 Å². The fourth-order valence-corrected chi connectivity index (χ4v) is 3.18. The molecule has 0 aliphatic heterocycles. The lowest BCUT2D eigenvalue weighted by Gasteiger charge is -2.15. The van der Waals surface area contributed by atoms with E-state index in [4.69, 9.17) is 4.74 Å². The number of anilines is 1. The molecule has 0 aliphatic carbocycles. The zero-order chi connectivity index (χ0) is 22.4. The fraction of sp³-hybridized carbons (Fsp3) is 0.292. The monoisotopic (exact) mass is 419 g/mol. The predicted octanol–water partition coefficient (Wildman–Crippen LogP) is 4.14. The summed E-state index contributed by atoms with van der Waals surface area (Å²) in [5.41, 5.74) is 5.38. The molecule has 0 aliphatic rings. The van der Waals surface area contributed by atoms with Crippen molar-refractivity contribution in [1.82, 2.24) is 15.1 Å². The Hall–Kier alpha value is -3.61. The van der Waals surface area contributed by atoms with Gasteiger partial charge in [-0.05, 0) is 52.0 Å². The molecule has 3 rings (SSSR count). The van der Waals surface area contributed by atoms with Crippen LogP contribution in [0.2, 0.25) is 0 Å². The van der Waals surface area contributed by atoms with Gasteiger partial charge in [-0.2, -0.15) is 5.10 Å². The number of nitrogens with zero attached hydrogens (tertiary/aromatic N) is 3. The lowest BCUT2D eigenvalue weighted by atomic mass is 10.1. The standard InChI is InChI=1S/C24H29N5O2/c1-6-31-22-10-8-7-9-21(22)26-24(25-15-20-17(3)28-29(5)18(20)4)27-23(30)19-13-11-16(2)12-14-19/h7-14H,6,15H2,1-5H3,(H2,25,26,27,30). The second-order valence-corrected chi connectivity index (χ2v) is 7.31. The SMILES string of the molecule is CCOc1ccccc1NC(=NCc1c(C)nn(C)c1C)NC(=O)c1ccc(C)cc1. The highest BCUT2D eigenvalue weighted by atomic mass is 16.5. The van der Waals surface area contributed by atoms with Gasteiger partial charge in [0.2, 0.25) is 5.96 Å². The van der Waals surface area contributed by atoms with Crippen LogP contribution in [0.3, 0.4) is 0 Å². The van der Waals surface area contributed by atoms with Crippen LogP contribution in [0.15, 0.2) is 53.5 Å². The van der Waals surface area contributed by atoms with Gasteiger partial charge in [-0.15, -0.1) is 0 Å². The Balaban J connectivity index is 1.89. The Morgan fingerprint density at radius 3 is 2.45 bits per heavy atom. The van der Waals surface area contributed by atoms with Crippen molar-refractivity contribution >= 4 is 17.6 Å². The minimum atomic E-state index is -0.236. The molecule has 31 heavy (non-hydrogen) atoms. The summed E-state index contributed by atoms with van der Waals surface area (Å²) in [7, 11) is 1.91. The molecule has 0 bridgehead atoms. The molecule has 0 saturated carbocycles. The lowest BCUT2D eigenvalue weighted by molar-refractivity contribution is 0.0977. The molecule has 1 aromatic heterocycles. The molecule has 0 atom stereocenters. The first-order valence-corrected chi connectivity index (χ1v) is 10.3. The molecule has 3 aromatic rings. The number of rotatable bonds is 6. The molecule has 0 fully saturated rings. The number of aromatic nitrogens is 2. The highest BCUT2D eigenvalue weighted by Gasteiger charge is 2.13. The summed E-state index contributed by atoms with van der Waals surface area (Å²) in [6.07, 6.45) is 0. The van der Waals surface area contributed by atoms with Crippen LogP contribution in [0.4, 0.5) is 5.69 Å². The van der Waals surface area contributed by atoms with E-state index in [-0.39, 0.29) is 5.91 Å². The Morgan fingerprint density at radius 2 is 1.81 bits per heavy atom. The number of benzene rings is 2. The van der Waals surface area contributed by atoms with Gasteiger partial charge in [-0.3, -0.25) is 14.8 Å². The zero-order valence-electron chi connectivity index (χ0n) is 18.7. The van der Waals surface area contributed by atoms with E-state index in [0.717, 1.165) is 28.2 Å². The smallest absolute Gasteiger partial charge is 0.257 e. The molecule has 1 amide bonds. The average molecular weight is 420 g/mol. The van der Waals surface area contributed by atoms with E-state index in [9.17, 15) is 4.79 Å². The molecular weight excluding hydrogens is 390 g/mol. The van der Waals surface area contributed by atoms with Gasteiger partial charge in [-0.25, -0.2) is 4.99 Å². The van der Waals surface area contributed by atoms with Gasteiger partial charge >= 0.3 is 0 Å². The van der Waals surface area contributed by atoms with Crippen LogP contribution in [0.5, 0.6) is 5.75 Å². The van der Waals surface area contributed by atoms with Crippen LogP contribution in [0.1, 0.15) is 39.8 Å². The zero-order valence-corrected chi connectivity index (χ0v) is 18.7. The Kier molecular flexibility index (Phi) is 7.07. The fourth-order valence-electron chi connectivity index (χ4n) is 3.18. The molecule has 2 N–H and O–H groups in total. The first-order valence-electron chi connectivity index (χ1n) is 10.3. The van der Waals surface area contributed by atoms with Crippen molar-refractivity contribution in [1.29, 1.82) is 0 Å². The molecule has 0 saturated heterocycles. The number of para-hydroxylation sites is 2. The summed E-state index contributed by atoms with van der Waals surface area (Å²) < 4.78 is 7.54. The van der Waals surface area contributed by atoms with Crippen molar-refractivity contribution < 1.29 is 9.53 Å². The van der Waals surface area contributed by atoms with Gasteiger partial charge in [0, 0.05) is 23.9 Å². The van der Waals surface area contributed by atoms with Gasteiger partial charge < -0.3 is 10.1 Å². The van der Waals surface area contributed by atoms with Crippen LogP contribution in [0, 0.1) is 20.8 Å². The van der Waals surface area contributed by atoms with Crippen LogP contribution < -0.4 is 15.4 Å². The van der Waals surface area contributed by atoms with E-state index in [1.54, 1.807) is 12.1 Å². The van der Waals surface area contributed by atoms with Crippen molar-refractivity contribution in [3.8, 4) is 5.75 Å². The van der Waals surface area contributed by atoms with Gasteiger partial charge in [0.25, 0.3) is 5.91 Å². The normalized spacial score (nSPS) is 11.3. The third-order valence-electron chi connectivity index (χ3n) is 5.04. The van der Waals surface area contributed by atoms with E-state index in [2.05, 4.69) is 20.7 Å². The molecule has 0 radical (unpaired) electrons. The molecular formula is C24H29N5O2. The first kappa shape index (κ1) is 22.1. The average Bonchev–Trinajstić information content (AvgIpc) is 2.99. The molecule has 0 unspecified atom stereocenters. The van der Waals surface area contributed by atoms with Crippen molar-refractivity contribution in [3.05, 3.63) is 76.6 Å². The molecule has 7 nitrogen and oxygen atoms in total. The van der Waals surface area contributed by atoms with E-state index in [1.807, 2.05) is 75.8 Å². The van der Waals surface area contributed by atoms with Gasteiger partial charge in [0.05, 0.1) is 24.5 Å². The highest BCUT2D eigenvalue weighted by Crippen LogP contribution is 2.23. The summed E-state index contributed by atoms with van der Waals surface area (Å²) in [5, 5.41) is 10.6. The largest absolute Gasteiger partial charge is 0.492 e. The topological polar surface area (TPSA) is 80.5 Å². The molecule has 7 heteroatoms. The third kappa shape index (κ3) is 5.51. The highest BCUT2D eigenvalue weighted by molar-refractivity contribution is 6.10. The molecule has 2 aromatic carbocycles. The summed E-state index contributed by atoms with van der Waals surface area (Å²) in [4.78, 5) is 17.5. The number of amides is 1. The van der Waals surface area contributed by atoms with Crippen LogP contribution in [0.25, 0.3) is 0 Å². The molecule has 162 valence electrons. The van der Waals surface area contributed by atoms with Gasteiger partial charge in [-0.1, -0.05) is 29.8 Å². The maximum atomic E-state index is 12.8. The van der Waals surface area contributed by atoms with Crippen LogP contribution in [-0.2, 0) is 13.6 Å². The molecule has 1 heterocycles. The van der Waals surface area contributed by atoms with Crippen LogP contribution in [-0.4, -0.2) is 28.3 Å². The second kappa shape index (κ2) is 9.93. The quantitative estimate of drug-likeness (QED) is 0.465.